The van der Waals surface area contributed by atoms with Crippen LogP contribution < -0.4 is 15.2 Å². The smallest absolute Gasteiger partial charge is 0.314 e. The molecule has 0 heterocycles. The first kappa shape index (κ1) is 17.8. The molecule has 6 heteroatoms. The Hall–Kier alpha value is -1.27. The Labute approximate surface area is 133 Å². The topological polar surface area (TPSA) is 70.8 Å². The highest BCUT2D eigenvalue weighted by Crippen LogP contribution is 2.37. The number of esters is 1. The molecule has 0 fully saturated rings. The zero-order valence-corrected chi connectivity index (χ0v) is 14.5. The average molecular weight is 360 g/mol. The molecule has 21 heavy (non-hydrogen) atoms. The molecule has 0 saturated carbocycles. The van der Waals surface area contributed by atoms with Crippen LogP contribution in [0.2, 0.25) is 0 Å². The number of carbonyl (C=O) groups excluding carboxylic acids is 1. The lowest BCUT2D eigenvalue weighted by atomic mass is 9.95. The van der Waals surface area contributed by atoms with E-state index in [0.29, 0.717) is 18.0 Å². The molecule has 0 aliphatic heterocycles. The Balaban J connectivity index is 2.95. The molecule has 1 rings (SSSR count). The molecular formula is C15H22BrNO4. The van der Waals surface area contributed by atoms with Gasteiger partial charge >= 0.3 is 5.97 Å². The van der Waals surface area contributed by atoms with Gasteiger partial charge in [-0.3, -0.25) is 4.79 Å². The van der Waals surface area contributed by atoms with Gasteiger partial charge in [0.25, 0.3) is 0 Å². The van der Waals surface area contributed by atoms with Gasteiger partial charge in [-0.1, -0.05) is 0 Å². The van der Waals surface area contributed by atoms with Gasteiger partial charge < -0.3 is 19.9 Å². The Kier molecular flexibility index (Phi) is 6.48. The summed E-state index contributed by atoms with van der Waals surface area (Å²) in [6, 6.07) is 3.83. The molecule has 0 aromatic heterocycles. The maximum Gasteiger partial charge on any atom is 0.314 e. The van der Waals surface area contributed by atoms with E-state index in [2.05, 4.69) is 15.9 Å². The van der Waals surface area contributed by atoms with E-state index in [1.54, 1.807) is 21.0 Å². The first-order valence-electron chi connectivity index (χ1n) is 6.63. The molecule has 1 aromatic carbocycles. The van der Waals surface area contributed by atoms with Crippen LogP contribution in [0.25, 0.3) is 0 Å². The van der Waals surface area contributed by atoms with Crippen LogP contribution in [-0.4, -0.2) is 33.3 Å². The lowest BCUT2D eigenvalue weighted by Gasteiger charge is -2.23. The molecule has 0 radical (unpaired) electrons. The molecular weight excluding hydrogens is 338 g/mol. The van der Waals surface area contributed by atoms with Crippen molar-refractivity contribution in [2.45, 2.75) is 20.3 Å². The monoisotopic (exact) mass is 359 g/mol. The van der Waals surface area contributed by atoms with Gasteiger partial charge in [-0.05, 0) is 60.4 Å². The highest BCUT2D eigenvalue weighted by molar-refractivity contribution is 9.10. The number of halogens is 1. The predicted molar refractivity (Wildman–Crippen MR) is 84.7 cm³/mol. The molecule has 1 aromatic rings. The summed E-state index contributed by atoms with van der Waals surface area (Å²) in [4.78, 5) is 11.7. The Bertz CT molecular complexity index is 503. The van der Waals surface area contributed by atoms with Gasteiger partial charge in [-0.2, -0.15) is 0 Å². The van der Waals surface area contributed by atoms with Gasteiger partial charge in [0.1, 0.15) is 6.61 Å². The predicted octanol–water partition coefficient (Wildman–Crippen LogP) is 2.54. The Morgan fingerprint density at radius 2 is 2.00 bits per heavy atom. The number of carbonyl (C=O) groups is 1. The summed E-state index contributed by atoms with van der Waals surface area (Å²) in [5, 5.41) is 0. The SMILES string of the molecule is COC(=O)C(C)(C)COc1c(Br)cc(CCN)cc1OC. The third kappa shape index (κ3) is 4.61. The van der Waals surface area contributed by atoms with Crippen molar-refractivity contribution in [3.63, 3.8) is 0 Å². The highest BCUT2D eigenvalue weighted by Gasteiger charge is 2.30. The van der Waals surface area contributed by atoms with Crippen LogP contribution in [0, 0.1) is 5.41 Å². The molecule has 0 amide bonds. The minimum atomic E-state index is -0.741. The molecule has 0 atom stereocenters. The second-order valence-corrected chi connectivity index (χ2v) is 6.17. The van der Waals surface area contributed by atoms with Crippen LogP contribution in [0.15, 0.2) is 16.6 Å². The van der Waals surface area contributed by atoms with E-state index in [9.17, 15) is 4.79 Å². The molecule has 2 N–H and O–H groups in total. The summed E-state index contributed by atoms with van der Waals surface area (Å²) in [5.74, 6) is 0.848. The summed E-state index contributed by atoms with van der Waals surface area (Å²) < 4.78 is 16.7. The number of methoxy groups -OCH3 is 2. The van der Waals surface area contributed by atoms with Crippen molar-refractivity contribution in [3.05, 3.63) is 22.2 Å². The molecule has 0 aliphatic carbocycles. The van der Waals surface area contributed by atoms with Gasteiger partial charge in [-0.25, -0.2) is 0 Å². The zero-order valence-electron chi connectivity index (χ0n) is 12.9. The highest BCUT2D eigenvalue weighted by atomic mass is 79.9. The number of ether oxygens (including phenoxy) is 3. The maximum atomic E-state index is 11.7. The standard InChI is InChI=1S/C15H22BrNO4/c1-15(2,14(18)20-4)9-21-13-11(16)7-10(5-6-17)8-12(13)19-3/h7-8H,5-6,9,17H2,1-4H3. The summed E-state index contributed by atoms with van der Waals surface area (Å²) in [6.45, 7) is 4.28. The molecule has 0 spiro atoms. The van der Waals surface area contributed by atoms with Crippen molar-refractivity contribution in [1.29, 1.82) is 0 Å². The minimum Gasteiger partial charge on any atom is -0.493 e. The van der Waals surface area contributed by atoms with E-state index in [0.717, 1.165) is 16.5 Å². The zero-order chi connectivity index (χ0) is 16.0. The van der Waals surface area contributed by atoms with Crippen LogP contribution in [0.1, 0.15) is 19.4 Å². The van der Waals surface area contributed by atoms with Crippen molar-refractivity contribution in [2.75, 3.05) is 27.4 Å². The number of hydrogen-bond donors (Lipinski definition) is 1. The first-order valence-corrected chi connectivity index (χ1v) is 7.42. The molecule has 5 nitrogen and oxygen atoms in total. The van der Waals surface area contributed by atoms with Gasteiger partial charge in [0.15, 0.2) is 11.5 Å². The number of hydrogen-bond acceptors (Lipinski definition) is 5. The van der Waals surface area contributed by atoms with Crippen LogP contribution >= 0.6 is 15.9 Å². The van der Waals surface area contributed by atoms with Crippen LogP contribution in [0.5, 0.6) is 11.5 Å². The van der Waals surface area contributed by atoms with Crippen molar-refractivity contribution < 1.29 is 19.0 Å². The normalized spacial score (nSPS) is 11.1. The fourth-order valence-corrected chi connectivity index (χ4v) is 2.42. The van der Waals surface area contributed by atoms with Crippen molar-refractivity contribution in [3.8, 4) is 11.5 Å². The fourth-order valence-electron chi connectivity index (χ4n) is 1.81. The van der Waals surface area contributed by atoms with Gasteiger partial charge in [0.05, 0.1) is 24.1 Å². The summed E-state index contributed by atoms with van der Waals surface area (Å²) in [6.07, 6.45) is 0.753. The first-order chi connectivity index (χ1) is 9.85. The molecule has 0 unspecified atom stereocenters. The average Bonchev–Trinajstić information content (AvgIpc) is 2.44. The summed E-state index contributed by atoms with van der Waals surface area (Å²) in [5.41, 5.74) is 5.88. The van der Waals surface area contributed by atoms with Crippen LogP contribution in [0.3, 0.4) is 0 Å². The summed E-state index contributed by atoms with van der Waals surface area (Å²) in [7, 11) is 2.94. The molecule has 0 bridgehead atoms. The van der Waals surface area contributed by atoms with E-state index < -0.39 is 5.41 Å². The Morgan fingerprint density at radius 1 is 1.33 bits per heavy atom. The van der Waals surface area contributed by atoms with E-state index in [-0.39, 0.29) is 12.6 Å². The lowest BCUT2D eigenvalue weighted by Crippen LogP contribution is -2.32. The van der Waals surface area contributed by atoms with E-state index in [1.165, 1.54) is 7.11 Å². The van der Waals surface area contributed by atoms with E-state index >= 15 is 0 Å². The number of benzene rings is 1. The van der Waals surface area contributed by atoms with Crippen molar-refractivity contribution >= 4 is 21.9 Å². The lowest BCUT2D eigenvalue weighted by molar-refractivity contribution is -0.152. The van der Waals surface area contributed by atoms with Crippen molar-refractivity contribution in [2.24, 2.45) is 11.1 Å². The number of nitrogens with two attached hydrogens (primary N) is 1. The van der Waals surface area contributed by atoms with Gasteiger partial charge in [0.2, 0.25) is 0 Å². The van der Waals surface area contributed by atoms with Crippen LogP contribution in [-0.2, 0) is 16.0 Å². The second kappa shape index (κ2) is 7.66. The quantitative estimate of drug-likeness (QED) is 0.757. The fraction of sp³-hybridized carbons (Fsp3) is 0.533. The van der Waals surface area contributed by atoms with Gasteiger partial charge in [-0.15, -0.1) is 0 Å². The molecule has 0 aliphatic rings. The number of rotatable bonds is 7. The van der Waals surface area contributed by atoms with Gasteiger partial charge in [0, 0.05) is 0 Å². The van der Waals surface area contributed by atoms with Crippen LogP contribution in [0.4, 0.5) is 0 Å². The van der Waals surface area contributed by atoms with E-state index in [1.807, 2.05) is 12.1 Å². The Morgan fingerprint density at radius 3 is 2.52 bits per heavy atom. The third-order valence-electron chi connectivity index (χ3n) is 3.04. The largest absolute Gasteiger partial charge is 0.493 e. The van der Waals surface area contributed by atoms with Crippen molar-refractivity contribution in [1.82, 2.24) is 0 Å². The second-order valence-electron chi connectivity index (χ2n) is 5.31. The molecule has 118 valence electrons. The minimum absolute atomic E-state index is 0.185. The van der Waals surface area contributed by atoms with E-state index in [4.69, 9.17) is 19.9 Å². The maximum absolute atomic E-state index is 11.7. The third-order valence-corrected chi connectivity index (χ3v) is 3.63. The molecule has 0 saturated heterocycles. The summed E-state index contributed by atoms with van der Waals surface area (Å²) >= 11 is 3.47.